The first-order valence-electron chi connectivity index (χ1n) is 12.4. The molecular weight excluding hydrogens is 538 g/mol. The van der Waals surface area contributed by atoms with Crippen LogP contribution in [0, 0.1) is 0 Å². The van der Waals surface area contributed by atoms with Gasteiger partial charge in [-0.05, 0) is 31.2 Å². The highest BCUT2D eigenvalue weighted by Crippen LogP contribution is 2.33. The third kappa shape index (κ3) is 5.88. The first-order chi connectivity index (χ1) is 19.1. The number of pyridine rings is 1. The SMILES string of the molecule is CCOC(=O)N1CCN(C(=O)c2csc(CSc3nnc(-c4cccnc4)n3-c3ccccc3OC)n2)CC1. The Hall–Kier alpha value is -3.97. The Morgan fingerprint density at radius 3 is 2.59 bits per heavy atom. The summed E-state index contributed by atoms with van der Waals surface area (Å²) in [6.07, 6.45) is 3.12. The molecule has 3 aromatic heterocycles. The number of aromatic nitrogens is 5. The van der Waals surface area contributed by atoms with Crippen molar-refractivity contribution < 1.29 is 19.1 Å². The molecule has 13 heteroatoms. The second kappa shape index (κ2) is 12.3. The van der Waals surface area contributed by atoms with Crippen LogP contribution in [0.5, 0.6) is 5.75 Å². The number of carbonyl (C=O) groups excluding carboxylic acids is 2. The standard InChI is InChI=1S/C26H27N7O4S2/c1-3-37-26(35)32-13-11-31(12-14-32)24(34)19-16-38-22(28-19)17-39-25-30-29-23(18-7-6-10-27-15-18)33(25)20-8-4-5-9-21(20)36-2/h4-10,15-16H,3,11-14,17H2,1-2H3. The number of ether oxygens (including phenoxy) is 2. The van der Waals surface area contributed by atoms with E-state index in [1.165, 1.54) is 23.1 Å². The van der Waals surface area contributed by atoms with Crippen molar-refractivity contribution in [2.75, 3.05) is 39.9 Å². The summed E-state index contributed by atoms with van der Waals surface area (Å²) in [5.74, 6) is 1.71. The third-order valence-electron chi connectivity index (χ3n) is 6.07. The van der Waals surface area contributed by atoms with Crippen molar-refractivity contribution in [3.63, 3.8) is 0 Å². The molecule has 1 fully saturated rings. The van der Waals surface area contributed by atoms with E-state index in [9.17, 15) is 9.59 Å². The quantitative estimate of drug-likeness (QED) is 0.292. The van der Waals surface area contributed by atoms with Gasteiger partial charge in [0.1, 0.15) is 16.5 Å². The smallest absolute Gasteiger partial charge is 0.409 e. The molecule has 202 valence electrons. The van der Waals surface area contributed by atoms with Gasteiger partial charge in [0.05, 0.1) is 25.2 Å². The maximum absolute atomic E-state index is 13.0. The topological polar surface area (TPSA) is 116 Å². The maximum Gasteiger partial charge on any atom is 0.409 e. The Labute approximate surface area is 233 Å². The number of thioether (sulfide) groups is 1. The fourth-order valence-corrected chi connectivity index (χ4v) is 5.88. The van der Waals surface area contributed by atoms with Crippen LogP contribution < -0.4 is 4.74 Å². The van der Waals surface area contributed by atoms with Crippen molar-refractivity contribution in [1.82, 2.24) is 34.5 Å². The Morgan fingerprint density at radius 2 is 1.85 bits per heavy atom. The minimum absolute atomic E-state index is 0.137. The van der Waals surface area contributed by atoms with Crippen molar-refractivity contribution in [3.05, 3.63) is 64.9 Å². The first-order valence-corrected chi connectivity index (χ1v) is 14.2. The number of hydrogen-bond acceptors (Lipinski definition) is 10. The Morgan fingerprint density at radius 1 is 1.05 bits per heavy atom. The van der Waals surface area contributed by atoms with Gasteiger partial charge in [-0.25, -0.2) is 9.78 Å². The molecule has 1 aromatic carbocycles. The van der Waals surface area contributed by atoms with E-state index < -0.39 is 0 Å². The fourth-order valence-electron chi connectivity index (χ4n) is 4.15. The molecule has 1 saturated heterocycles. The predicted octanol–water partition coefficient (Wildman–Crippen LogP) is 4.00. The predicted molar refractivity (Wildman–Crippen MR) is 147 cm³/mol. The summed E-state index contributed by atoms with van der Waals surface area (Å²) in [4.78, 5) is 37.1. The molecule has 39 heavy (non-hydrogen) atoms. The molecule has 4 heterocycles. The van der Waals surface area contributed by atoms with Crippen LogP contribution in [0.15, 0.2) is 59.3 Å². The van der Waals surface area contributed by atoms with E-state index in [0.717, 1.165) is 16.3 Å². The van der Waals surface area contributed by atoms with Crippen LogP contribution in [0.2, 0.25) is 0 Å². The van der Waals surface area contributed by atoms with Gasteiger partial charge in [0, 0.05) is 49.5 Å². The highest BCUT2D eigenvalue weighted by Gasteiger charge is 2.27. The molecule has 0 bridgehead atoms. The van der Waals surface area contributed by atoms with Crippen LogP contribution >= 0.6 is 23.1 Å². The summed E-state index contributed by atoms with van der Waals surface area (Å²) >= 11 is 2.91. The minimum Gasteiger partial charge on any atom is -0.495 e. The summed E-state index contributed by atoms with van der Waals surface area (Å²) in [5.41, 5.74) is 2.04. The average molecular weight is 566 g/mol. The van der Waals surface area contributed by atoms with Gasteiger partial charge in [0.15, 0.2) is 11.0 Å². The zero-order valence-electron chi connectivity index (χ0n) is 21.5. The van der Waals surface area contributed by atoms with Gasteiger partial charge in [-0.1, -0.05) is 23.9 Å². The van der Waals surface area contributed by atoms with Crippen molar-refractivity contribution in [2.45, 2.75) is 17.8 Å². The monoisotopic (exact) mass is 565 g/mol. The van der Waals surface area contributed by atoms with E-state index in [4.69, 9.17) is 9.47 Å². The lowest BCUT2D eigenvalue weighted by Crippen LogP contribution is -2.50. The summed E-state index contributed by atoms with van der Waals surface area (Å²) in [5, 5.41) is 12.2. The lowest BCUT2D eigenvalue weighted by atomic mass is 10.2. The van der Waals surface area contributed by atoms with Gasteiger partial charge < -0.3 is 19.3 Å². The summed E-state index contributed by atoms with van der Waals surface area (Å²) in [7, 11) is 1.63. The second-order valence-corrected chi connectivity index (χ2v) is 10.3. The Kier molecular flexibility index (Phi) is 8.37. The van der Waals surface area contributed by atoms with E-state index in [-0.39, 0.29) is 12.0 Å². The number of amides is 2. The molecular formula is C26H27N7O4S2. The summed E-state index contributed by atoms with van der Waals surface area (Å²) < 4.78 is 12.6. The molecule has 0 saturated carbocycles. The van der Waals surface area contributed by atoms with Gasteiger partial charge in [-0.3, -0.25) is 14.3 Å². The highest BCUT2D eigenvalue weighted by atomic mass is 32.2. The largest absolute Gasteiger partial charge is 0.495 e. The van der Waals surface area contributed by atoms with E-state index in [1.54, 1.807) is 41.6 Å². The number of hydrogen-bond donors (Lipinski definition) is 0. The van der Waals surface area contributed by atoms with Crippen LogP contribution in [-0.4, -0.2) is 86.4 Å². The number of nitrogens with zero attached hydrogens (tertiary/aromatic N) is 7. The van der Waals surface area contributed by atoms with E-state index in [2.05, 4.69) is 20.2 Å². The normalized spacial score (nSPS) is 13.4. The summed E-state index contributed by atoms with van der Waals surface area (Å²) in [6.45, 7) is 3.87. The number of piperazine rings is 1. The third-order valence-corrected chi connectivity index (χ3v) is 8.04. The van der Waals surface area contributed by atoms with Crippen LogP contribution in [-0.2, 0) is 10.5 Å². The molecule has 5 rings (SSSR count). The molecule has 0 atom stereocenters. The van der Waals surface area contributed by atoms with E-state index in [0.29, 0.717) is 61.0 Å². The zero-order chi connectivity index (χ0) is 27.2. The Balaban J connectivity index is 1.30. The van der Waals surface area contributed by atoms with Crippen molar-refractivity contribution in [1.29, 1.82) is 0 Å². The number of rotatable bonds is 8. The van der Waals surface area contributed by atoms with Gasteiger partial charge in [-0.15, -0.1) is 21.5 Å². The average Bonchev–Trinajstić information content (AvgIpc) is 3.64. The lowest BCUT2D eigenvalue weighted by Gasteiger charge is -2.33. The number of para-hydroxylation sites is 2. The highest BCUT2D eigenvalue weighted by molar-refractivity contribution is 7.98. The molecule has 11 nitrogen and oxygen atoms in total. The van der Waals surface area contributed by atoms with Crippen molar-refractivity contribution >= 4 is 35.1 Å². The van der Waals surface area contributed by atoms with Crippen LogP contribution in [0.1, 0.15) is 22.4 Å². The lowest BCUT2D eigenvalue weighted by molar-refractivity contribution is 0.0566. The van der Waals surface area contributed by atoms with Gasteiger partial charge in [-0.2, -0.15) is 0 Å². The molecule has 0 unspecified atom stereocenters. The van der Waals surface area contributed by atoms with Crippen LogP contribution in [0.3, 0.4) is 0 Å². The molecule has 0 spiro atoms. The van der Waals surface area contributed by atoms with Crippen molar-refractivity contribution in [3.8, 4) is 22.8 Å². The molecule has 2 amide bonds. The van der Waals surface area contributed by atoms with Gasteiger partial charge >= 0.3 is 6.09 Å². The first kappa shape index (κ1) is 26.6. The van der Waals surface area contributed by atoms with Gasteiger partial charge in [0.2, 0.25) is 0 Å². The van der Waals surface area contributed by atoms with Crippen LogP contribution in [0.4, 0.5) is 4.79 Å². The molecule has 1 aliphatic heterocycles. The van der Waals surface area contributed by atoms with E-state index in [1.807, 2.05) is 41.0 Å². The maximum atomic E-state index is 13.0. The zero-order valence-corrected chi connectivity index (χ0v) is 23.2. The fraction of sp³-hybridized carbons (Fsp3) is 0.308. The summed E-state index contributed by atoms with van der Waals surface area (Å²) in [6, 6.07) is 11.5. The number of methoxy groups -OCH3 is 1. The molecule has 4 aromatic rings. The van der Waals surface area contributed by atoms with Crippen LogP contribution in [0.25, 0.3) is 17.1 Å². The molecule has 0 radical (unpaired) electrons. The van der Waals surface area contributed by atoms with Crippen molar-refractivity contribution in [2.24, 2.45) is 0 Å². The Bertz CT molecular complexity index is 1440. The molecule has 1 aliphatic rings. The van der Waals surface area contributed by atoms with Gasteiger partial charge in [0.25, 0.3) is 5.91 Å². The number of thiazole rings is 1. The second-order valence-electron chi connectivity index (χ2n) is 8.45. The minimum atomic E-state index is -0.342. The number of carbonyl (C=O) groups is 2. The number of benzene rings is 1. The molecule has 0 N–H and O–H groups in total. The van der Waals surface area contributed by atoms with E-state index >= 15 is 0 Å². The molecule has 0 aliphatic carbocycles.